The number of carboxylic acid groups (broad SMARTS) is 1. The first kappa shape index (κ1) is 12.3. The quantitative estimate of drug-likeness (QED) is 0.729. The second kappa shape index (κ2) is 4.37. The van der Waals surface area contributed by atoms with Crippen molar-refractivity contribution in [3.63, 3.8) is 0 Å². The van der Waals surface area contributed by atoms with E-state index in [4.69, 9.17) is 5.11 Å². The van der Waals surface area contributed by atoms with Crippen molar-refractivity contribution in [1.29, 1.82) is 0 Å². The van der Waals surface area contributed by atoms with Gasteiger partial charge in [0.15, 0.2) is 0 Å². The average molecular weight is 222 g/mol. The molecule has 0 radical (unpaired) electrons. The Hall–Kier alpha value is -1.81. The van der Waals surface area contributed by atoms with E-state index in [0.29, 0.717) is 5.56 Å². The highest BCUT2D eigenvalue weighted by molar-refractivity contribution is 5.88. The van der Waals surface area contributed by atoms with Crippen LogP contribution in [0.3, 0.4) is 0 Å². The molecule has 0 amide bonds. The maximum absolute atomic E-state index is 10.7. The third-order valence-electron chi connectivity index (χ3n) is 1.95. The molecule has 1 aromatic carbocycles. The van der Waals surface area contributed by atoms with E-state index in [2.05, 4.69) is 0 Å². The van der Waals surface area contributed by atoms with Gasteiger partial charge < -0.3 is 15.3 Å². The van der Waals surface area contributed by atoms with Gasteiger partial charge in [0.1, 0.15) is 5.75 Å². The molecule has 4 heteroatoms. The first-order valence-electron chi connectivity index (χ1n) is 4.77. The fourth-order valence-electron chi connectivity index (χ4n) is 1.11. The van der Waals surface area contributed by atoms with Crippen molar-refractivity contribution in [3.05, 3.63) is 35.4 Å². The molecular weight excluding hydrogens is 208 g/mol. The number of carboxylic acids is 1. The lowest BCUT2D eigenvalue weighted by Crippen LogP contribution is -2.13. The van der Waals surface area contributed by atoms with Crippen molar-refractivity contribution >= 4 is 12.0 Å². The van der Waals surface area contributed by atoms with E-state index in [-0.39, 0.29) is 11.3 Å². The van der Waals surface area contributed by atoms with Crippen LogP contribution in [-0.4, -0.2) is 26.9 Å². The van der Waals surface area contributed by atoms with Gasteiger partial charge in [-0.1, -0.05) is 12.2 Å². The number of hydrogen-bond acceptors (Lipinski definition) is 3. The summed E-state index contributed by atoms with van der Waals surface area (Å²) in [4.78, 5) is 10.7. The van der Waals surface area contributed by atoms with Crippen LogP contribution in [0.4, 0.5) is 0 Å². The number of aromatic hydroxyl groups is 1. The Labute approximate surface area is 93.5 Å². The van der Waals surface area contributed by atoms with Crippen LogP contribution in [0.5, 0.6) is 5.75 Å². The number of phenols is 1. The first-order valence-corrected chi connectivity index (χ1v) is 4.77. The summed E-state index contributed by atoms with van der Waals surface area (Å²) < 4.78 is 0. The zero-order chi connectivity index (χ0) is 12.3. The Morgan fingerprint density at radius 2 is 2.00 bits per heavy atom. The second-order valence-electron chi connectivity index (χ2n) is 4.07. The maximum atomic E-state index is 10.7. The number of hydrogen-bond donors (Lipinski definition) is 3. The number of rotatable bonds is 3. The minimum Gasteiger partial charge on any atom is -0.507 e. The molecule has 0 aromatic heterocycles. The van der Waals surface area contributed by atoms with Crippen LogP contribution < -0.4 is 0 Å². The molecule has 0 heterocycles. The zero-order valence-electron chi connectivity index (χ0n) is 9.14. The minimum atomic E-state index is -1.06. The summed E-state index contributed by atoms with van der Waals surface area (Å²) in [6.07, 6.45) is 2.97. The molecular formula is C12H14O4. The van der Waals surface area contributed by atoms with Crippen LogP contribution in [0, 0.1) is 0 Å². The number of phenolic OH excluding ortho intramolecular Hbond substituents is 1. The zero-order valence-corrected chi connectivity index (χ0v) is 9.14. The topological polar surface area (TPSA) is 77.8 Å². The standard InChI is InChI=1S/C12H14O4/c1-12(2,16)6-5-8-7-9(11(14)15)3-4-10(8)13/h3-7,13,16H,1-2H3,(H,14,15)/b6-5-. The van der Waals surface area contributed by atoms with E-state index < -0.39 is 11.6 Å². The summed E-state index contributed by atoms with van der Waals surface area (Å²) in [7, 11) is 0. The molecule has 0 aliphatic carbocycles. The van der Waals surface area contributed by atoms with Crippen molar-refractivity contribution < 1.29 is 20.1 Å². The van der Waals surface area contributed by atoms with E-state index >= 15 is 0 Å². The molecule has 0 atom stereocenters. The smallest absolute Gasteiger partial charge is 0.335 e. The van der Waals surface area contributed by atoms with Gasteiger partial charge in [0.2, 0.25) is 0 Å². The predicted octanol–water partition coefficient (Wildman–Crippen LogP) is 1.87. The third-order valence-corrected chi connectivity index (χ3v) is 1.95. The highest BCUT2D eigenvalue weighted by atomic mass is 16.4. The van der Waals surface area contributed by atoms with E-state index in [1.807, 2.05) is 0 Å². The molecule has 0 fully saturated rings. The van der Waals surface area contributed by atoms with Crippen LogP contribution in [-0.2, 0) is 0 Å². The Balaban J connectivity index is 3.08. The molecule has 0 saturated heterocycles. The molecule has 4 nitrogen and oxygen atoms in total. The van der Waals surface area contributed by atoms with Crippen LogP contribution in [0.1, 0.15) is 29.8 Å². The molecule has 0 saturated carbocycles. The second-order valence-corrected chi connectivity index (χ2v) is 4.07. The Morgan fingerprint density at radius 3 is 2.50 bits per heavy atom. The van der Waals surface area contributed by atoms with Gasteiger partial charge in [0.05, 0.1) is 11.2 Å². The van der Waals surface area contributed by atoms with E-state index in [9.17, 15) is 15.0 Å². The van der Waals surface area contributed by atoms with Crippen LogP contribution in [0.15, 0.2) is 24.3 Å². The largest absolute Gasteiger partial charge is 0.507 e. The molecule has 1 aromatic rings. The normalized spacial score (nSPS) is 11.9. The van der Waals surface area contributed by atoms with E-state index in [0.717, 1.165) is 0 Å². The Bertz CT molecular complexity index is 427. The molecule has 3 N–H and O–H groups in total. The summed E-state index contributed by atoms with van der Waals surface area (Å²) in [6.45, 7) is 3.17. The molecule has 16 heavy (non-hydrogen) atoms. The van der Waals surface area contributed by atoms with Gasteiger partial charge in [-0.05, 0) is 32.0 Å². The van der Waals surface area contributed by atoms with Gasteiger partial charge in [0, 0.05) is 5.56 Å². The fourth-order valence-corrected chi connectivity index (χ4v) is 1.11. The highest BCUT2D eigenvalue weighted by Crippen LogP contribution is 2.21. The maximum Gasteiger partial charge on any atom is 0.335 e. The van der Waals surface area contributed by atoms with Gasteiger partial charge in [-0.2, -0.15) is 0 Å². The van der Waals surface area contributed by atoms with E-state index in [1.165, 1.54) is 30.4 Å². The summed E-state index contributed by atoms with van der Waals surface area (Å²) in [5.74, 6) is -1.08. The minimum absolute atomic E-state index is 0.0227. The summed E-state index contributed by atoms with van der Waals surface area (Å²) >= 11 is 0. The molecule has 0 spiro atoms. The van der Waals surface area contributed by atoms with Crippen molar-refractivity contribution in [1.82, 2.24) is 0 Å². The molecule has 0 bridgehead atoms. The van der Waals surface area contributed by atoms with Crippen molar-refractivity contribution in [2.24, 2.45) is 0 Å². The third kappa shape index (κ3) is 3.40. The molecule has 0 aliphatic heterocycles. The van der Waals surface area contributed by atoms with Gasteiger partial charge in [-0.25, -0.2) is 4.79 Å². The predicted molar refractivity (Wildman–Crippen MR) is 60.4 cm³/mol. The number of aliphatic hydroxyl groups is 1. The van der Waals surface area contributed by atoms with Crippen molar-refractivity contribution in [2.75, 3.05) is 0 Å². The van der Waals surface area contributed by atoms with Crippen LogP contribution in [0.2, 0.25) is 0 Å². The van der Waals surface area contributed by atoms with Crippen LogP contribution >= 0.6 is 0 Å². The van der Waals surface area contributed by atoms with Gasteiger partial charge in [-0.15, -0.1) is 0 Å². The highest BCUT2D eigenvalue weighted by Gasteiger charge is 2.09. The molecule has 0 aliphatic rings. The van der Waals surface area contributed by atoms with Crippen LogP contribution in [0.25, 0.3) is 6.08 Å². The SMILES string of the molecule is CC(C)(O)/C=C\c1cc(C(=O)O)ccc1O. The van der Waals surface area contributed by atoms with Gasteiger partial charge in [0.25, 0.3) is 0 Å². The Morgan fingerprint density at radius 1 is 1.38 bits per heavy atom. The first-order chi connectivity index (χ1) is 7.29. The van der Waals surface area contributed by atoms with E-state index in [1.54, 1.807) is 13.8 Å². The molecule has 86 valence electrons. The average Bonchev–Trinajstić information content (AvgIpc) is 2.14. The lowest BCUT2D eigenvalue weighted by Gasteiger charge is -2.10. The fraction of sp³-hybridized carbons (Fsp3) is 0.250. The number of carbonyl (C=O) groups is 1. The molecule has 0 unspecified atom stereocenters. The monoisotopic (exact) mass is 222 g/mol. The van der Waals surface area contributed by atoms with Crippen molar-refractivity contribution in [3.8, 4) is 5.75 Å². The lowest BCUT2D eigenvalue weighted by molar-refractivity contribution is 0.0697. The summed E-state index contributed by atoms with van der Waals surface area (Å²) in [6, 6.07) is 3.98. The van der Waals surface area contributed by atoms with Crippen molar-refractivity contribution in [2.45, 2.75) is 19.4 Å². The van der Waals surface area contributed by atoms with Gasteiger partial charge >= 0.3 is 5.97 Å². The summed E-state index contributed by atoms with van der Waals surface area (Å²) in [5, 5.41) is 27.7. The number of benzene rings is 1. The molecule has 1 rings (SSSR count). The number of aromatic carboxylic acids is 1. The van der Waals surface area contributed by atoms with Gasteiger partial charge in [-0.3, -0.25) is 0 Å². The lowest BCUT2D eigenvalue weighted by atomic mass is 10.0. The Kier molecular flexibility index (Phi) is 3.34. The summed E-state index contributed by atoms with van der Waals surface area (Å²) in [5.41, 5.74) is -0.554.